The summed E-state index contributed by atoms with van der Waals surface area (Å²) in [5, 5.41) is 4.52. The van der Waals surface area contributed by atoms with Crippen molar-refractivity contribution in [3.8, 4) is 0 Å². The Morgan fingerprint density at radius 2 is 1.78 bits per heavy atom. The summed E-state index contributed by atoms with van der Waals surface area (Å²) >= 11 is 6.18. The SMILES string of the molecule is CCC(C)c1ccc(S(=O)(=O)Nc2nn(Cc3ccccc3)cc2Cl)cc1. The molecule has 3 aromatic rings. The van der Waals surface area contributed by atoms with Gasteiger partial charge in [0.25, 0.3) is 10.0 Å². The monoisotopic (exact) mass is 403 g/mol. The molecular weight excluding hydrogens is 382 g/mol. The molecule has 0 aliphatic heterocycles. The molecule has 0 bridgehead atoms. The van der Waals surface area contributed by atoms with E-state index in [9.17, 15) is 8.42 Å². The van der Waals surface area contributed by atoms with Crippen molar-refractivity contribution >= 4 is 27.4 Å². The summed E-state index contributed by atoms with van der Waals surface area (Å²) in [6, 6.07) is 16.7. The summed E-state index contributed by atoms with van der Waals surface area (Å²) in [5.41, 5.74) is 2.16. The molecule has 0 radical (unpaired) electrons. The van der Waals surface area contributed by atoms with Crippen molar-refractivity contribution in [2.45, 2.75) is 37.6 Å². The first-order valence-electron chi connectivity index (χ1n) is 8.78. The second-order valence-corrected chi connectivity index (χ2v) is 8.58. The molecule has 0 aliphatic rings. The van der Waals surface area contributed by atoms with Crippen molar-refractivity contribution in [2.24, 2.45) is 0 Å². The van der Waals surface area contributed by atoms with E-state index < -0.39 is 10.0 Å². The van der Waals surface area contributed by atoms with Crippen LogP contribution in [0.4, 0.5) is 5.82 Å². The standard InChI is InChI=1S/C20H22ClN3O2S/c1-3-15(2)17-9-11-18(12-10-17)27(25,26)23-20-19(21)14-24(22-20)13-16-7-5-4-6-8-16/h4-12,14-15H,3,13H2,1-2H3,(H,22,23). The Balaban J connectivity index is 1.77. The molecule has 3 rings (SSSR count). The number of hydrogen-bond donors (Lipinski definition) is 1. The third-order valence-electron chi connectivity index (χ3n) is 4.51. The zero-order valence-electron chi connectivity index (χ0n) is 15.3. The van der Waals surface area contributed by atoms with Gasteiger partial charge in [-0.1, -0.05) is 67.9 Å². The summed E-state index contributed by atoms with van der Waals surface area (Å²) in [4.78, 5) is 0.184. The van der Waals surface area contributed by atoms with E-state index in [-0.39, 0.29) is 15.7 Å². The molecule has 142 valence electrons. The van der Waals surface area contributed by atoms with Gasteiger partial charge >= 0.3 is 0 Å². The fourth-order valence-corrected chi connectivity index (χ4v) is 3.99. The van der Waals surface area contributed by atoms with E-state index >= 15 is 0 Å². The first kappa shape index (κ1) is 19.5. The predicted molar refractivity (Wildman–Crippen MR) is 109 cm³/mol. The maximum absolute atomic E-state index is 12.7. The van der Waals surface area contributed by atoms with E-state index in [0.29, 0.717) is 12.5 Å². The molecule has 1 aromatic heterocycles. The predicted octanol–water partition coefficient (Wildman–Crippen LogP) is 4.90. The molecule has 0 aliphatic carbocycles. The van der Waals surface area contributed by atoms with E-state index in [1.807, 2.05) is 42.5 Å². The average molecular weight is 404 g/mol. The van der Waals surface area contributed by atoms with Gasteiger partial charge in [0.15, 0.2) is 5.82 Å². The maximum atomic E-state index is 12.7. The fourth-order valence-electron chi connectivity index (χ4n) is 2.72. The zero-order chi connectivity index (χ0) is 19.4. The van der Waals surface area contributed by atoms with E-state index in [1.165, 1.54) is 0 Å². The van der Waals surface area contributed by atoms with Crippen LogP contribution in [0.3, 0.4) is 0 Å². The molecule has 1 atom stereocenters. The van der Waals surface area contributed by atoms with Crippen LogP contribution in [-0.4, -0.2) is 18.2 Å². The van der Waals surface area contributed by atoms with E-state index in [4.69, 9.17) is 11.6 Å². The van der Waals surface area contributed by atoms with Crippen LogP contribution < -0.4 is 4.72 Å². The molecule has 0 amide bonds. The molecule has 0 fully saturated rings. The van der Waals surface area contributed by atoms with Gasteiger partial charge in [-0.05, 0) is 35.6 Å². The summed E-state index contributed by atoms with van der Waals surface area (Å²) in [7, 11) is -3.75. The molecule has 1 N–H and O–H groups in total. The van der Waals surface area contributed by atoms with Crippen molar-refractivity contribution in [2.75, 3.05) is 4.72 Å². The number of hydrogen-bond acceptors (Lipinski definition) is 3. The molecule has 1 unspecified atom stereocenters. The second kappa shape index (κ2) is 8.15. The third kappa shape index (κ3) is 4.70. The number of nitrogens with zero attached hydrogens (tertiary/aromatic N) is 2. The van der Waals surface area contributed by atoms with Gasteiger partial charge in [0.1, 0.15) is 5.02 Å². The maximum Gasteiger partial charge on any atom is 0.263 e. The molecule has 0 spiro atoms. The first-order valence-corrected chi connectivity index (χ1v) is 10.6. The Hall–Kier alpha value is -2.31. The van der Waals surface area contributed by atoms with E-state index in [2.05, 4.69) is 23.7 Å². The van der Waals surface area contributed by atoms with Crippen molar-refractivity contribution in [1.29, 1.82) is 0 Å². The van der Waals surface area contributed by atoms with Crippen LogP contribution in [0.5, 0.6) is 0 Å². The highest BCUT2D eigenvalue weighted by atomic mass is 35.5. The quantitative estimate of drug-likeness (QED) is 0.610. The van der Waals surface area contributed by atoms with Crippen LogP contribution in [0.1, 0.15) is 37.3 Å². The summed E-state index contributed by atoms with van der Waals surface area (Å²) < 4.78 is 29.4. The number of sulfonamides is 1. The number of benzene rings is 2. The average Bonchev–Trinajstić information content (AvgIpc) is 3.00. The van der Waals surface area contributed by atoms with Crippen molar-refractivity contribution in [3.05, 3.63) is 76.9 Å². The van der Waals surface area contributed by atoms with Crippen LogP contribution in [0, 0.1) is 0 Å². The lowest BCUT2D eigenvalue weighted by Gasteiger charge is -2.10. The van der Waals surface area contributed by atoms with Crippen LogP contribution >= 0.6 is 11.6 Å². The highest BCUT2D eigenvalue weighted by Crippen LogP contribution is 2.25. The molecule has 0 saturated carbocycles. The van der Waals surface area contributed by atoms with Crippen LogP contribution in [0.2, 0.25) is 5.02 Å². The molecule has 0 saturated heterocycles. The number of nitrogens with one attached hydrogen (secondary N) is 1. The molecule has 5 nitrogen and oxygen atoms in total. The van der Waals surface area contributed by atoms with Gasteiger partial charge in [0, 0.05) is 6.20 Å². The van der Waals surface area contributed by atoms with Crippen molar-refractivity contribution < 1.29 is 8.42 Å². The minimum absolute atomic E-state index is 0.124. The van der Waals surface area contributed by atoms with Gasteiger partial charge < -0.3 is 0 Å². The zero-order valence-corrected chi connectivity index (χ0v) is 16.8. The fraction of sp³-hybridized carbons (Fsp3) is 0.250. The lowest BCUT2D eigenvalue weighted by Crippen LogP contribution is -2.14. The minimum atomic E-state index is -3.75. The minimum Gasteiger partial charge on any atom is -0.265 e. The Bertz CT molecular complexity index is 999. The number of aromatic nitrogens is 2. The molecule has 27 heavy (non-hydrogen) atoms. The molecular formula is C20H22ClN3O2S. The molecule has 2 aromatic carbocycles. The van der Waals surface area contributed by atoms with E-state index in [0.717, 1.165) is 17.5 Å². The van der Waals surface area contributed by atoms with Crippen molar-refractivity contribution in [3.63, 3.8) is 0 Å². The first-order chi connectivity index (χ1) is 12.9. The summed E-state index contributed by atoms with van der Waals surface area (Å²) in [6.07, 6.45) is 2.61. The summed E-state index contributed by atoms with van der Waals surface area (Å²) in [6.45, 7) is 4.72. The van der Waals surface area contributed by atoms with Gasteiger partial charge in [-0.3, -0.25) is 9.40 Å². The van der Waals surface area contributed by atoms with Gasteiger partial charge in [0.05, 0.1) is 11.4 Å². The highest BCUT2D eigenvalue weighted by molar-refractivity contribution is 7.92. The van der Waals surface area contributed by atoms with E-state index in [1.54, 1.807) is 23.0 Å². The van der Waals surface area contributed by atoms with Crippen LogP contribution in [0.15, 0.2) is 65.7 Å². The Labute approximate surface area is 165 Å². The summed E-state index contributed by atoms with van der Waals surface area (Å²) in [5.74, 6) is 0.511. The number of anilines is 1. The van der Waals surface area contributed by atoms with Gasteiger partial charge in [-0.25, -0.2) is 8.42 Å². The normalized spacial score (nSPS) is 12.7. The number of halogens is 1. The third-order valence-corrected chi connectivity index (χ3v) is 6.14. The Morgan fingerprint density at radius 1 is 1.11 bits per heavy atom. The lowest BCUT2D eigenvalue weighted by atomic mass is 9.99. The lowest BCUT2D eigenvalue weighted by molar-refractivity contribution is 0.600. The van der Waals surface area contributed by atoms with Crippen molar-refractivity contribution in [1.82, 2.24) is 9.78 Å². The largest absolute Gasteiger partial charge is 0.265 e. The Morgan fingerprint density at radius 3 is 2.41 bits per heavy atom. The van der Waals surface area contributed by atoms with Gasteiger partial charge in [-0.2, -0.15) is 5.10 Å². The smallest absolute Gasteiger partial charge is 0.263 e. The molecule has 7 heteroatoms. The second-order valence-electron chi connectivity index (χ2n) is 6.49. The van der Waals surface area contributed by atoms with Crippen LogP contribution in [0.25, 0.3) is 0 Å². The molecule has 1 heterocycles. The highest BCUT2D eigenvalue weighted by Gasteiger charge is 2.18. The Kier molecular flexibility index (Phi) is 5.87. The van der Waals surface area contributed by atoms with Gasteiger partial charge in [-0.15, -0.1) is 0 Å². The van der Waals surface area contributed by atoms with Crippen LogP contribution in [-0.2, 0) is 16.6 Å². The van der Waals surface area contributed by atoms with Gasteiger partial charge in [0.2, 0.25) is 0 Å². The number of rotatable bonds is 7. The topological polar surface area (TPSA) is 64.0 Å².